The molecule has 1 amide bonds. The molecule has 2 N–H and O–H groups in total. The molecule has 1 aliphatic rings. The average molecular weight is 387 g/mol. The Kier molecular flexibility index (Phi) is 7.04. The lowest BCUT2D eigenvalue weighted by Crippen LogP contribution is -2.36. The highest BCUT2D eigenvalue weighted by Gasteiger charge is 2.25. The Morgan fingerprint density at radius 3 is 2.89 bits per heavy atom. The van der Waals surface area contributed by atoms with Crippen molar-refractivity contribution < 1.29 is 4.79 Å². The van der Waals surface area contributed by atoms with Crippen LogP contribution >= 0.6 is 11.8 Å². The topological polar surface area (TPSA) is 87.7 Å². The van der Waals surface area contributed by atoms with Crippen LogP contribution in [-0.4, -0.2) is 32.9 Å². The maximum Gasteiger partial charge on any atom is 0.251 e. The van der Waals surface area contributed by atoms with E-state index in [-0.39, 0.29) is 23.4 Å². The van der Waals surface area contributed by atoms with Gasteiger partial charge in [0.2, 0.25) is 5.91 Å². The third-order valence-corrected chi connectivity index (χ3v) is 5.60. The number of hydrogen-bond donors (Lipinski definition) is 2. The molecule has 1 saturated carbocycles. The first-order valence-electron chi connectivity index (χ1n) is 9.48. The maximum absolute atomic E-state index is 12.7. The van der Waals surface area contributed by atoms with Crippen LogP contribution in [0, 0.1) is 5.92 Å². The molecule has 7 heteroatoms. The van der Waals surface area contributed by atoms with Crippen LogP contribution in [0.1, 0.15) is 50.3 Å². The molecular weight excluding hydrogens is 360 g/mol. The molecule has 0 saturated heterocycles. The van der Waals surface area contributed by atoms with Crippen LogP contribution < -0.4 is 10.9 Å². The number of thioether (sulfide) groups is 1. The Bertz CT molecular complexity index is 803. The van der Waals surface area contributed by atoms with Gasteiger partial charge in [-0.05, 0) is 43.4 Å². The fourth-order valence-electron chi connectivity index (χ4n) is 3.48. The van der Waals surface area contributed by atoms with Gasteiger partial charge in [-0.1, -0.05) is 19.3 Å². The molecule has 0 aromatic carbocycles. The number of carbonyl (C=O) groups is 1. The van der Waals surface area contributed by atoms with Crippen molar-refractivity contribution in [1.82, 2.24) is 20.3 Å². The van der Waals surface area contributed by atoms with E-state index in [4.69, 9.17) is 0 Å². The van der Waals surface area contributed by atoms with E-state index in [1.165, 1.54) is 12.5 Å². The van der Waals surface area contributed by atoms with Crippen molar-refractivity contribution in [2.24, 2.45) is 5.92 Å². The van der Waals surface area contributed by atoms with E-state index in [1.54, 1.807) is 30.2 Å². The van der Waals surface area contributed by atoms with Gasteiger partial charge >= 0.3 is 0 Å². The molecule has 144 valence electrons. The van der Waals surface area contributed by atoms with Crippen LogP contribution in [0.25, 0.3) is 11.4 Å². The molecule has 27 heavy (non-hydrogen) atoms. The molecule has 1 aliphatic carbocycles. The van der Waals surface area contributed by atoms with Gasteiger partial charge in [-0.25, -0.2) is 4.98 Å². The lowest BCUT2D eigenvalue weighted by atomic mass is 9.88. The lowest BCUT2D eigenvalue weighted by Gasteiger charge is -2.25. The summed E-state index contributed by atoms with van der Waals surface area (Å²) in [5.41, 5.74) is 1.13. The van der Waals surface area contributed by atoms with Crippen LogP contribution in [0.2, 0.25) is 0 Å². The van der Waals surface area contributed by atoms with Crippen LogP contribution in [0.5, 0.6) is 0 Å². The van der Waals surface area contributed by atoms with E-state index in [1.807, 2.05) is 12.3 Å². The molecule has 0 aliphatic heterocycles. The van der Waals surface area contributed by atoms with Crippen LogP contribution in [0.3, 0.4) is 0 Å². The van der Waals surface area contributed by atoms with Gasteiger partial charge in [0.1, 0.15) is 5.82 Å². The van der Waals surface area contributed by atoms with Crippen LogP contribution in [0.15, 0.2) is 35.4 Å². The van der Waals surface area contributed by atoms with Gasteiger partial charge < -0.3 is 10.3 Å². The van der Waals surface area contributed by atoms with E-state index in [2.05, 4.69) is 20.3 Å². The maximum atomic E-state index is 12.7. The number of aromatic nitrogens is 3. The zero-order valence-corrected chi connectivity index (χ0v) is 16.4. The third kappa shape index (κ3) is 5.42. The molecule has 6 nitrogen and oxygen atoms in total. The van der Waals surface area contributed by atoms with Gasteiger partial charge in [-0.3, -0.25) is 14.6 Å². The molecular formula is C20H26N4O2S. The Morgan fingerprint density at radius 1 is 1.37 bits per heavy atom. The fourth-order valence-corrected chi connectivity index (χ4v) is 3.95. The summed E-state index contributed by atoms with van der Waals surface area (Å²) in [4.78, 5) is 36.5. The molecule has 0 spiro atoms. The number of rotatable bonds is 7. The monoisotopic (exact) mass is 386 g/mol. The van der Waals surface area contributed by atoms with Crippen molar-refractivity contribution in [3.05, 3.63) is 46.6 Å². The van der Waals surface area contributed by atoms with Crippen molar-refractivity contribution in [3.63, 3.8) is 0 Å². The minimum absolute atomic E-state index is 0.0790. The van der Waals surface area contributed by atoms with E-state index in [0.29, 0.717) is 11.5 Å². The Hall–Kier alpha value is -2.15. The van der Waals surface area contributed by atoms with Gasteiger partial charge in [0.25, 0.3) is 5.56 Å². The Labute approximate surface area is 163 Å². The van der Waals surface area contributed by atoms with E-state index >= 15 is 0 Å². The first-order chi connectivity index (χ1) is 13.2. The van der Waals surface area contributed by atoms with Crippen molar-refractivity contribution in [2.75, 3.05) is 12.0 Å². The average Bonchev–Trinajstić information content (AvgIpc) is 2.71. The van der Waals surface area contributed by atoms with Crippen molar-refractivity contribution in [2.45, 2.75) is 44.6 Å². The zero-order chi connectivity index (χ0) is 19.1. The second-order valence-electron chi connectivity index (χ2n) is 6.94. The number of pyridine rings is 1. The molecule has 1 fully saturated rings. The summed E-state index contributed by atoms with van der Waals surface area (Å²) in [7, 11) is 0. The summed E-state index contributed by atoms with van der Waals surface area (Å²) in [6, 6.07) is 4.89. The van der Waals surface area contributed by atoms with Crippen molar-refractivity contribution >= 4 is 17.7 Å². The smallest absolute Gasteiger partial charge is 0.251 e. The van der Waals surface area contributed by atoms with Gasteiger partial charge in [0.05, 0.1) is 11.7 Å². The Balaban J connectivity index is 1.84. The SMILES string of the molecule is CSCCC(NC(=O)C1CCCCC1)c1cc(=O)[nH]c(-c2cccnc2)n1. The molecule has 2 aromatic rings. The highest BCUT2D eigenvalue weighted by Crippen LogP contribution is 2.26. The van der Waals surface area contributed by atoms with Crippen molar-refractivity contribution in [1.29, 1.82) is 0 Å². The van der Waals surface area contributed by atoms with Gasteiger partial charge in [0.15, 0.2) is 0 Å². The normalized spacial score (nSPS) is 16.0. The third-order valence-electron chi connectivity index (χ3n) is 4.96. The minimum Gasteiger partial charge on any atom is -0.347 e. The quantitative estimate of drug-likeness (QED) is 0.762. The fraction of sp³-hybridized carbons (Fsp3) is 0.500. The molecule has 1 atom stereocenters. The molecule has 0 bridgehead atoms. The molecule has 2 heterocycles. The first-order valence-corrected chi connectivity index (χ1v) is 10.9. The number of carbonyl (C=O) groups excluding carboxylic acids is 1. The second kappa shape index (κ2) is 9.69. The second-order valence-corrected chi connectivity index (χ2v) is 7.92. The van der Waals surface area contributed by atoms with Gasteiger partial charge in [-0.15, -0.1) is 0 Å². The largest absolute Gasteiger partial charge is 0.347 e. The number of amides is 1. The van der Waals surface area contributed by atoms with Crippen molar-refractivity contribution in [3.8, 4) is 11.4 Å². The summed E-state index contributed by atoms with van der Waals surface area (Å²) in [5, 5.41) is 3.16. The predicted molar refractivity (Wildman–Crippen MR) is 109 cm³/mol. The minimum atomic E-state index is -0.260. The molecule has 3 rings (SSSR count). The van der Waals surface area contributed by atoms with E-state index in [9.17, 15) is 9.59 Å². The summed E-state index contributed by atoms with van der Waals surface area (Å²) in [5.74, 6) is 1.53. The summed E-state index contributed by atoms with van der Waals surface area (Å²) in [6.07, 6.45) is 11.5. The van der Waals surface area contributed by atoms with Gasteiger partial charge in [-0.2, -0.15) is 11.8 Å². The summed E-state index contributed by atoms with van der Waals surface area (Å²) < 4.78 is 0. The van der Waals surface area contributed by atoms with E-state index < -0.39 is 0 Å². The number of nitrogens with one attached hydrogen (secondary N) is 2. The van der Waals surface area contributed by atoms with Crippen LogP contribution in [-0.2, 0) is 4.79 Å². The Morgan fingerprint density at radius 2 is 2.19 bits per heavy atom. The highest BCUT2D eigenvalue weighted by atomic mass is 32.2. The molecule has 0 radical (unpaired) electrons. The summed E-state index contributed by atoms with van der Waals surface area (Å²) in [6.45, 7) is 0. The predicted octanol–water partition coefficient (Wildman–Crippen LogP) is 3.32. The van der Waals surface area contributed by atoms with E-state index in [0.717, 1.165) is 43.4 Å². The van der Waals surface area contributed by atoms with Crippen LogP contribution in [0.4, 0.5) is 0 Å². The van der Waals surface area contributed by atoms with Gasteiger partial charge in [0, 0.05) is 29.9 Å². The molecule has 2 aromatic heterocycles. The molecule has 1 unspecified atom stereocenters. The zero-order valence-electron chi connectivity index (χ0n) is 15.6. The summed E-state index contributed by atoms with van der Waals surface area (Å²) >= 11 is 1.72. The lowest BCUT2D eigenvalue weighted by molar-refractivity contribution is -0.126. The number of nitrogens with zero attached hydrogens (tertiary/aromatic N) is 2. The standard InChI is InChI=1S/C20H26N4O2S/c1-27-11-9-16(23-20(26)14-6-3-2-4-7-14)17-12-18(25)24-19(22-17)15-8-5-10-21-13-15/h5,8,10,12-14,16H,2-4,6-7,9,11H2,1H3,(H,23,26)(H,22,24,25). The number of aromatic amines is 1. The first kappa shape index (κ1) is 19.6. The number of hydrogen-bond acceptors (Lipinski definition) is 5. The highest BCUT2D eigenvalue weighted by molar-refractivity contribution is 7.98. The number of H-pyrrole nitrogens is 1.